The normalized spacial score (nSPS) is 29.2. The van der Waals surface area contributed by atoms with Crippen molar-refractivity contribution in [1.82, 2.24) is 5.32 Å². The fraction of sp³-hybridized carbons (Fsp3) is 0.778. The van der Waals surface area contributed by atoms with Gasteiger partial charge in [0.15, 0.2) is 0 Å². The molecule has 1 spiro atoms. The molecule has 21 heavy (non-hydrogen) atoms. The molecule has 0 aliphatic heterocycles. The Morgan fingerprint density at radius 1 is 1.38 bits per heavy atom. The molecule has 0 bridgehead atoms. The van der Waals surface area contributed by atoms with Gasteiger partial charge in [0, 0.05) is 24.1 Å². The van der Waals surface area contributed by atoms with Gasteiger partial charge in [-0.1, -0.05) is 19.3 Å². The summed E-state index contributed by atoms with van der Waals surface area (Å²) in [5, 5.41) is 8.38. The van der Waals surface area contributed by atoms with Gasteiger partial charge in [-0.2, -0.15) is 11.3 Å². The van der Waals surface area contributed by atoms with Crippen LogP contribution >= 0.6 is 11.3 Å². The van der Waals surface area contributed by atoms with Crippen LogP contribution in [0.4, 0.5) is 0 Å². The molecule has 3 unspecified atom stereocenters. The fourth-order valence-electron chi connectivity index (χ4n) is 4.46. The summed E-state index contributed by atoms with van der Waals surface area (Å²) >= 11 is 1.80. The van der Waals surface area contributed by atoms with Crippen LogP contribution < -0.4 is 5.32 Å². The molecule has 2 aliphatic rings. The Morgan fingerprint density at radius 2 is 2.19 bits per heavy atom. The predicted octanol–water partition coefficient (Wildman–Crippen LogP) is 4.40. The van der Waals surface area contributed by atoms with E-state index in [1.807, 2.05) is 0 Å². The number of hydrogen-bond donors (Lipinski definition) is 1. The van der Waals surface area contributed by atoms with E-state index in [4.69, 9.17) is 4.74 Å². The van der Waals surface area contributed by atoms with Crippen LogP contribution in [-0.4, -0.2) is 24.8 Å². The van der Waals surface area contributed by atoms with Crippen molar-refractivity contribution in [2.45, 2.75) is 77.0 Å². The van der Waals surface area contributed by atoms with Crippen molar-refractivity contribution in [2.24, 2.45) is 5.41 Å². The second-order valence-electron chi connectivity index (χ2n) is 6.93. The zero-order valence-electron chi connectivity index (χ0n) is 13.4. The van der Waals surface area contributed by atoms with Gasteiger partial charge < -0.3 is 10.1 Å². The summed E-state index contributed by atoms with van der Waals surface area (Å²) in [5.41, 5.74) is 1.91. The first kappa shape index (κ1) is 15.5. The summed E-state index contributed by atoms with van der Waals surface area (Å²) in [6, 6.07) is 3.48. The predicted molar refractivity (Wildman–Crippen MR) is 90.0 cm³/mol. The molecule has 2 fully saturated rings. The average Bonchev–Trinajstić information content (AvgIpc) is 3.00. The van der Waals surface area contributed by atoms with E-state index in [-0.39, 0.29) is 0 Å². The first-order chi connectivity index (χ1) is 10.2. The van der Waals surface area contributed by atoms with Gasteiger partial charge in [-0.15, -0.1) is 0 Å². The minimum atomic E-state index is 0.442. The van der Waals surface area contributed by atoms with Crippen LogP contribution in [0, 0.1) is 5.41 Å². The molecule has 0 aromatic carbocycles. The lowest BCUT2D eigenvalue weighted by Crippen LogP contribution is -2.65. The fourth-order valence-corrected chi connectivity index (χ4v) is 5.14. The lowest BCUT2D eigenvalue weighted by Gasteiger charge is -2.58. The van der Waals surface area contributed by atoms with E-state index in [9.17, 15) is 0 Å². The number of nitrogens with one attached hydrogen (secondary N) is 1. The molecule has 2 saturated carbocycles. The van der Waals surface area contributed by atoms with Gasteiger partial charge in [0.05, 0.1) is 6.10 Å². The van der Waals surface area contributed by atoms with Crippen molar-refractivity contribution in [3.63, 3.8) is 0 Å². The minimum absolute atomic E-state index is 0.442. The maximum Gasteiger partial charge on any atom is 0.0661 e. The van der Waals surface area contributed by atoms with Crippen LogP contribution in [0.2, 0.25) is 0 Å². The Morgan fingerprint density at radius 3 is 2.86 bits per heavy atom. The van der Waals surface area contributed by atoms with E-state index in [1.165, 1.54) is 44.1 Å². The van der Waals surface area contributed by atoms with E-state index in [1.54, 1.807) is 11.3 Å². The third-order valence-corrected chi connectivity index (χ3v) is 6.28. The minimum Gasteiger partial charge on any atom is -0.378 e. The van der Waals surface area contributed by atoms with Crippen molar-refractivity contribution >= 4 is 11.3 Å². The summed E-state index contributed by atoms with van der Waals surface area (Å²) in [6.07, 6.45) is 9.78. The van der Waals surface area contributed by atoms with E-state index in [2.05, 4.69) is 36.0 Å². The van der Waals surface area contributed by atoms with Gasteiger partial charge in [-0.25, -0.2) is 0 Å². The van der Waals surface area contributed by atoms with Crippen LogP contribution in [-0.2, 0) is 11.2 Å². The third kappa shape index (κ3) is 3.20. The molecular formula is C18H29NOS. The van der Waals surface area contributed by atoms with Gasteiger partial charge in [-0.05, 0) is 61.9 Å². The Kier molecular flexibility index (Phi) is 5.03. The molecule has 3 heteroatoms. The molecule has 0 amide bonds. The highest BCUT2D eigenvalue weighted by Crippen LogP contribution is 2.53. The maximum atomic E-state index is 6.05. The van der Waals surface area contributed by atoms with E-state index >= 15 is 0 Å². The molecule has 2 nitrogen and oxygen atoms in total. The molecule has 0 radical (unpaired) electrons. The summed E-state index contributed by atoms with van der Waals surface area (Å²) in [6.45, 7) is 5.34. The number of ether oxygens (including phenoxy) is 1. The quantitative estimate of drug-likeness (QED) is 0.841. The van der Waals surface area contributed by atoms with Gasteiger partial charge in [0.1, 0.15) is 0 Å². The van der Waals surface area contributed by atoms with Crippen LogP contribution in [0.3, 0.4) is 0 Å². The molecule has 3 atom stereocenters. The van der Waals surface area contributed by atoms with Crippen molar-refractivity contribution in [3.8, 4) is 0 Å². The monoisotopic (exact) mass is 307 g/mol. The van der Waals surface area contributed by atoms with Crippen molar-refractivity contribution in [2.75, 3.05) is 6.61 Å². The van der Waals surface area contributed by atoms with Gasteiger partial charge in [0.2, 0.25) is 0 Å². The van der Waals surface area contributed by atoms with E-state index in [0.717, 1.165) is 13.0 Å². The Balaban J connectivity index is 1.59. The molecular weight excluding hydrogens is 278 g/mol. The third-order valence-electron chi connectivity index (χ3n) is 5.54. The highest BCUT2D eigenvalue weighted by Gasteiger charge is 2.55. The Labute approximate surface area is 133 Å². The number of rotatable bonds is 6. The SMILES string of the molecule is CCOC1CC(NC(C)Cc2ccsc2)C12CCCCC2. The molecule has 1 heterocycles. The van der Waals surface area contributed by atoms with Crippen molar-refractivity contribution in [1.29, 1.82) is 0 Å². The van der Waals surface area contributed by atoms with E-state index < -0.39 is 0 Å². The first-order valence-electron chi connectivity index (χ1n) is 8.63. The van der Waals surface area contributed by atoms with Crippen LogP contribution in [0.1, 0.15) is 57.9 Å². The second-order valence-corrected chi connectivity index (χ2v) is 7.71. The van der Waals surface area contributed by atoms with Gasteiger partial charge >= 0.3 is 0 Å². The van der Waals surface area contributed by atoms with Crippen LogP contribution in [0.25, 0.3) is 0 Å². The zero-order chi connectivity index (χ0) is 14.7. The summed E-state index contributed by atoms with van der Waals surface area (Å²) in [5.74, 6) is 0. The molecule has 1 aromatic rings. The smallest absolute Gasteiger partial charge is 0.0661 e. The standard InChI is InChI=1S/C18H29NOS/c1-3-20-17-12-16(18(17)8-5-4-6-9-18)19-14(2)11-15-7-10-21-13-15/h7,10,13-14,16-17,19H,3-6,8-9,11-12H2,1-2H3. The van der Waals surface area contributed by atoms with E-state index in [0.29, 0.717) is 23.6 Å². The lowest BCUT2D eigenvalue weighted by atomic mass is 9.55. The summed E-state index contributed by atoms with van der Waals surface area (Å²) in [7, 11) is 0. The second kappa shape index (κ2) is 6.80. The highest BCUT2D eigenvalue weighted by molar-refractivity contribution is 7.07. The molecule has 1 N–H and O–H groups in total. The van der Waals surface area contributed by atoms with Crippen molar-refractivity contribution in [3.05, 3.63) is 22.4 Å². The van der Waals surface area contributed by atoms with Crippen molar-refractivity contribution < 1.29 is 4.74 Å². The average molecular weight is 308 g/mol. The topological polar surface area (TPSA) is 21.3 Å². The Hall–Kier alpha value is -0.380. The molecule has 3 rings (SSSR count). The summed E-state index contributed by atoms with van der Waals surface area (Å²) < 4.78 is 6.05. The highest BCUT2D eigenvalue weighted by atomic mass is 32.1. The molecule has 1 aromatic heterocycles. The molecule has 0 saturated heterocycles. The van der Waals surface area contributed by atoms with Gasteiger partial charge in [-0.3, -0.25) is 0 Å². The van der Waals surface area contributed by atoms with Gasteiger partial charge in [0.25, 0.3) is 0 Å². The maximum absolute atomic E-state index is 6.05. The number of hydrogen-bond acceptors (Lipinski definition) is 3. The van der Waals surface area contributed by atoms with Crippen LogP contribution in [0.15, 0.2) is 16.8 Å². The molecule has 118 valence electrons. The summed E-state index contributed by atoms with van der Waals surface area (Å²) in [4.78, 5) is 0. The largest absolute Gasteiger partial charge is 0.378 e. The first-order valence-corrected chi connectivity index (χ1v) is 9.57. The Bertz CT molecular complexity index is 424. The number of thiophene rings is 1. The van der Waals surface area contributed by atoms with Crippen LogP contribution in [0.5, 0.6) is 0 Å². The lowest BCUT2D eigenvalue weighted by molar-refractivity contribution is -0.151. The molecule has 2 aliphatic carbocycles. The zero-order valence-corrected chi connectivity index (χ0v) is 14.3.